The van der Waals surface area contributed by atoms with Crippen LogP contribution in [-0.4, -0.2) is 63.1 Å². The van der Waals surface area contributed by atoms with E-state index in [1.807, 2.05) is 6.92 Å². The molecule has 1 aromatic rings. The SMILES string of the molecule is COCC1CN(c2nc(N(C)C)cc(C(F)(F)F)n2)CC(C)O1. The second-order valence-electron chi connectivity index (χ2n) is 5.73. The van der Waals surface area contributed by atoms with Crippen LogP contribution < -0.4 is 9.80 Å². The van der Waals surface area contributed by atoms with Crippen molar-refractivity contribution in [2.24, 2.45) is 0 Å². The van der Waals surface area contributed by atoms with Crippen LogP contribution >= 0.6 is 0 Å². The number of methoxy groups -OCH3 is 1. The molecule has 2 atom stereocenters. The maximum atomic E-state index is 13.1. The van der Waals surface area contributed by atoms with Crippen LogP contribution in [0.3, 0.4) is 0 Å². The van der Waals surface area contributed by atoms with Crippen LogP contribution in [0, 0.1) is 0 Å². The minimum absolute atomic E-state index is 0.0554. The highest BCUT2D eigenvalue weighted by Gasteiger charge is 2.35. The third-order valence-corrected chi connectivity index (χ3v) is 3.41. The van der Waals surface area contributed by atoms with Crippen molar-refractivity contribution >= 4 is 11.8 Å². The molecule has 0 aromatic carbocycles. The number of morpholine rings is 1. The minimum Gasteiger partial charge on any atom is -0.382 e. The minimum atomic E-state index is -4.52. The largest absolute Gasteiger partial charge is 0.433 e. The third-order valence-electron chi connectivity index (χ3n) is 3.41. The van der Waals surface area contributed by atoms with Gasteiger partial charge in [0.1, 0.15) is 5.82 Å². The highest BCUT2D eigenvalue weighted by Crippen LogP contribution is 2.31. The zero-order valence-corrected chi connectivity index (χ0v) is 13.6. The first-order valence-electron chi connectivity index (χ1n) is 7.23. The van der Waals surface area contributed by atoms with E-state index in [2.05, 4.69) is 9.97 Å². The molecule has 0 bridgehead atoms. The highest BCUT2D eigenvalue weighted by molar-refractivity contribution is 5.46. The summed E-state index contributed by atoms with van der Waals surface area (Å²) in [6.07, 6.45) is -4.90. The van der Waals surface area contributed by atoms with Crippen molar-refractivity contribution in [2.75, 3.05) is 50.7 Å². The first-order valence-corrected chi connectivity index (χ1v) is 7.23. The number of halogens is 3. The lowest BCUT2D eigenvalue weighted by molar-refractivity contribution is -0.141. The number of anilines is 2. The molecule has 6 nitrogen and oxygen atoms in total. The van der Waals surface area contributed by atoms with Gasteiger partial charge in [-0.1, -0.05) is 0 Å². The summed E-state index contributed by atoms with van der Waals surface area (Å²) in [4.78, 5) is 11.2. The lowest BCUT2D eigenvalue weighted by atomic mass is 10.2. The Hall–Kier alpha value is -1.61. The monoisotopic (exact) mass is 334 g/mol. The molecule has 2 unspecified atom stereocenters. The predicted octanol–water partition coefficient (Wildman–Crippen LogP) is 1.80. The summed E-state index contributed by atoms with van der Waals surface area (Å²) >= 11 is 0. The molecule has 130 valence electrons. The molecule has 0 amide bonds. The molecule has 1 aromatic heterocycles. The normalized spacial score (nSPS) is 22.3. The van der Waals surface area contributed by atoms with Crippen LogP contribution in [0.1, 0.15) is 12.6 Å². The van der Waals surface area contributed by atoms with Gasteiger partial charge in [0.05, 0.1) is 18.8 Å². The standard InChI is InChI=1S/C14H21F3N4O2/c1-9-6-21(7-10(23-9)8-22-4)13-18-11(14(15,16)17)5-12(19-13)20(2)3/h5,9-10H,6-8H2,1-4H3. The Kier molecular flexibility index (Phi) is 5.30. The molecule has 1 aliphatic heterocycles. The van der Waals surface area contributed by atoms with Crippen molar-refractivity contribution in [1.29, 1.82) is 0 Å². The Morgan fingerprint density at radius 1 is 1.35 bits per heavy atom. The molecule has 23 heavy (non-hydrogen) atoms. The summed E-state index contributed by atoms with van der Waals surface area (Å²) in [5.41, 5.74) is -0.950. The second-order valence-corrected chi connectivity index (χ2v) is 5.73. The van der Waals surface area contributed by atoms with Crippen LogP contribution in [-0.2, 0) is 15.7 Å². The van der Waals surface area contributed by atoms with Gasteiger partial charge in [-0.05, 0) is 6.92 Å². The van der Waals surface area contributed by atoms with Gasteiger partial charge in [-0.25, -0.2) is 4.98 Å². The van der Waals surface area contributed by atoms with Crippen molar-refractivity contribution in [3.05, 3.63) is 11.8 Å². The van der Waals surface area contributed by atoms with Gasteiger partial charge >= 0.3 is 6.18 Å². The van der Waals surface area contributed by atoms with Crippen LogP contribution in [0.2, 0.25) is 0 Å². The van der Waals surface area contributed by atoms with E-state index in [1.54, 1.807) is 26.1 Å². The van der Waals surface area contributed by atoms with Crippen molar-refractivity contribution in [3.8, 4) is 0 Å². The van der Waals surface area contributed by atoms with E-state index < -0.39 is 11.9 Å². The van der Waals surface area contributed by atoms with Crippen molar-refractivity contribution in [3.63, 3.8) is 0 Å². The molecule has 0 N–H and O–H groups in total. The first kappa shape index (κ1) is 17.7. The molecule has 0 aliphatic carbocycles. The number of aromatic nitrogens is 2. The van der Waals surface area contributed by atoms with E-state index >= 15 is 0 Å². The quantitative estimate of drug-likeness (QED) is 0.837. The van der Waals surface area contributed by atoms with Gasteiger partial charge in [0, 0.05) is 40.4 Å². The Morgan fingerprint density at radius 2 is 2.04 bits per heavy atom. The molecule has 1 aliphatic rings. The molecule has 1 saturated heterocycles. The molecule has 0 radical (unpaired) electrons. The Labute approximate surface area is 133 Å². The summed E-state index contributed by atoms with van der Waals surface area (Å²) in [7, 11) is 4.84. The zero-order chi connectivity index (χ0) is 17.2. The molecule has 9 heteroatoms. The maximum Gasteiger partial charge on any atom is 0.433 e. The van der Waals surface area contributed by atoms with E-state index in [0.29, 0.717) is 19.7 Å². The number of ether oxygens (including phenoxy) is 2. The lowest BCUT2D eigenvalue weighted by Gasteiger charge is -2.36. The summed E-state index contributed by atoms with van der Waals surface area (Å²) in [6, 6.07) is 0.944. The summed E-state index contributed by atoms with van der Waals surface area (Å²) in [5, 5.41) is 0. The predicted molar refractivity (Wildman–Crippen MR) is 79.8 cm³/mol. The van der Waals surface area contributed by atoms with Crippen LogP contribution in [0.4, 0.5) is 24.9 Å². The number of hydrogen-bond donors (Lipinski definition) is 0. The van der Waals surface area contributed by atoms with Gasteiger partial charge in [0.15, 0.2) is 5.69 Å². The van der Waals surface area contributed by atoms with E-state index in [0.717, 1.165) is 6.07 Å². The van der Waals surface area contributed by atoms with Gasteiger partial charge in [-0.3, -0.25) is 0 Å². The van der Waals surface area contributed by atoms with E-state index in [9.17, 15) is 13.2 Å². The van der Waals surface area contributed by atoms with Gasteiger partial charge < -0.3 is 19.3 Å². The molecule has 1 fully saturated rings. The molecule has 0 spiro atoms. The second kappa shape index (κ2) is 6.88. The van der Waals surface area contributed by atoms with Crippen molar-refractivity contribution < 1.29 is 22.6 Å². The van der Waals surface area contributed by atoms with Crippen LogP contribution in [0.25, 0.3) is 0 Å². The maximum absolute atomic E-state index is 13.1. The average Bonchev–Trinajstić information content (AvgIpc) is 2.45. The molecule has 2 heterocycles. The summed E-state index contributed by atoms with van der Waals surface area (Å²) < 4.78 is 50.0. The summed E-state index contributed by atoms with van der Waals surface area (Å²) in [6.45, 7) is 3.02. The van der Waals surface area contributed by atoms with E-state index in [-0.39, 0.29) is 24.0 Å². The average molecular weight is 334 g/mol. The fraction of sp³-hybridized carbons (Fsp3) is 0.714. The van der Waals surface area contributed by atoms with E-state index in [1.165, 1.54) is 4.90 Å². The van der Waals surface area contributed by atoms with Crippen LogP contribution in [0.5, 0.6) is 0 Å². The highest BCUT2D eigenvalue weighted by atomic mass is 19.4. The Morgan fingerprint density at radius 3 is 2.61 bits per heavy atom. The molecular formula is C14H21F3N4O2. The fourth-order valence-electron chi connectivity index (χ4n) is 2.42. The Bertz CT molecular complexity index is 539. The first-order chi connectivity index (χ1) is 10.7. The van der Waals surface area contributed by atoms with Crippen LogP contribution in [0.15, 0.2) is 6.07 Å². The number of nitrogens with zero attached hydrogens (tertiary/aromatic N) is 4. The van der Waals surface area contributed by atoms with Crippen molar-refractivity contribution in [1.82, 2.24) is 9.97 Å². The fourth-order valence-corrected chi connectivity index (χ4v) is 2.42. The summed E-state index contributed by atoms with van der Waals surface area (Å²) in [5.74, 6) is 0.268. The molecule has 2 rings (SSSR count). The number of hydrogen-bond acceptors (Lipinski definition) is 6. The smallest absolute Gasteiger partial charge is 0.382 e. The third kappa shape index (κ3) is 4.44. The van der Waals surface area contributed by atoms with Crippen molar-refractivity contribution in [2.45, 2.75) is 25.3 Å². The molecule has 0 saturated carbocycles. The zero-order valence-electron chi connectivity index (χ0n) is 13.6. The lowest BCUT2D eigenvalue weighted by Crippen LogP contribution is -2.49. The Balaban J connectivity index is 2.35. The molecular weight excluding hydrogens is 313 g/mol. The van der Waals surface area contributed by atoms with Gasteiger partial charge in [0.25, 0.3) is 0 Å². The topological polar surface area (TPSA) is 50.7 Å². The van der Waals surface area contributed by atoms with E-state index in [4.69, 9.17) is 9.47 Å². The number of rotatable bonds is 4. The van der Waals surface area contributed by atoms with Gasteiger partial charge in [-0.15, -0.1) is 0 Å². The number of alkyl halides is 3. The van der Waals surface area contributed by atoms with Gasteiger partial charge in [-0.2, -0.15) is 18.2 Å². The van der Waals surface area contributed by atoms with Gasteiger partial charge in [0.2, 0.25) is 5.95 Å².